The Balaban J connectivity index is 2.01. The molecule has 1 aromatic heterocycles. The average Bonchev–Trinajstić information content (AvgIpc) is 2.98. The van der Waals surface area contributed by atoms with Gasteiger partial charge in [-0.2, -0.15) is 0 Å². The minimum atomic E-state index is -0.894. The lowest BCUT2D eigenvalue weighted by atomic mass is 10.2. The Morgan fingerprint density at radius 3 is 2.70 bits per heavy atom. The normalized spacial score (nSPS) is 11.9. The van der Waals surface area contributed by atoms with E-state index in [9.17, 15) is 9.59 Å². The molecule has 0 aliphatic carbocycles. The fourth-order valence-electron chi connectivity index (χ4n) is 2.32. The lowest BCUT2D eigenvalue weighted by Crippen LogP contribution is -2.37. The summed E-state index contributed by atoms with van der Waals surface area (Å²) in [7, 11) is 1.55. The van der Waals surface area contributed by atoms with Crippen molar-refractivity contribution >= 4 is 23.6 Å². The van der Waals surface area contributed by atoms with Crippen LogP contribution in [0, 0.1) is 13.8 Å². The smallest absolute Gasteiger partial charge is 0.340 e. The maximum absolute atomic E-state index is 12.5. The van der Waals surface area contributed by atoms with Gasteiger partial charge in [0.15, 0.2) is 6.10 Å². The van der Waals surface area contributed by atoms with E-state index < -0.39 is 12.1 Å². The minimum Gasteiger partial charge on any atom is -0.449 e. The third kappa shape index (κ3) is 5.83. The molecule has 0 unspecified atom stereocenters. The van der Waals surface area contributed by atoms with Gasteiger partial charge in [0.05, 0.1) is 17.9 Å². The van der Waals surface area contributed by atoms with Gasteiger partial charge in [-0.05, 0) is 32.9 Å². The van der Waals surface area contributed by atoms with Crippen molar-refractivity contribution in [3.8, 4) is 0 Å². The molecule has 2 aromatic rings. The molecule has 146 valence electrons. The van der Waals surface area contributed by atoms with Gasteiger partial charge in [-0.15, -0.1) is 11.8 Å². The van der Waals surface area contributed by atoms with Crippen molar-refractivity contribution in [1.82, 2.24) is 10.5 Å². The first-order valence-electron chi connectivity index (χ1n) is 8.55. The monoisotopic (exact) mass is 392 g/mol. The standard InChI is InChI=1S/C19H24N2O5S/c1-12-16(13(2)26-21-12)11-27-17-8-6-5-7-15(17)19(23)25-14(3)18(22)20-9-10-24-4/h5-8,14H,9-11H2,1-4H3,(H,20,22)/t14-/m1/s1. The predicted octanol–water partition coefficient (Wildman–Crippen LogP) is 2.89. The van der Waals surface area contributed by atoms with Crippen LogP contribution in [0.5, 0.6) is 0 Å². The van der Waals surface area contributed by atoms with Crippen molar-refractivity contribution in [1.29, 1.82) is 0 Å². The van der Waals surface area contributed by atoms with Gasteiger partial charge in [0.1, 0.15) is 5.76 Å². The quantitative estimate of drug-likeness (QED) is 0.399. The third-order valence-electron chi connectivity index (χ3n) is 3.92. The summed E-state index contributed by atoms with van der Waals surface area (Å²) in [4.78, 5) is 25.3. The zero-order chi connectivity index (χ0) is 19.8. The number of hydrogen-bond acceptors (Lipinski definition) is 7. The van der Waals surface area contributed by atoms with Crippen molar-refractivity contribution < 1.29 is 23.6 Å². The Kier molecular flexibility index (Phi) is 7.87. The van der Waals surface area contributed by atoms with Crippen LogP contribution >= 0.6 is 11.8 Å². The molecule has 2 rings (SSSR count). The second kappa shape index (κ2) is 10.1. The number of amides is 1. The number of aryl methyl sites for hydroxylation is 2. The highest BCUT2D eigenvalue weighted by molar-refractivity contribution is 7.98. The number of thioether (sulfide) groups is 1. The number of esters is 1. The van der Waals surface area contributed by atoms with Gasteiger partial charge in [-0.1, -0.05) is 17.3 Å². The number of nitrogens with zero attached hydrogens (tertiary/aromatic N) is 1. The molecule has 0 fully saturated rings. The topological polar surface area (TPSA) is 90.7 Å². The predicted molar refractivity (Wildman–Crippen MR) is 102 cm³/mol. The summed E-state index contributed by atoms with van der Waals surface area (Å²) in [6, 6.07) is 7.16. The molecule has 1 heterocycles. The number of carbonyl (C=O) groups excluding carboxylic acids is 2. The number of methoxy groups -OCH3 is 1. The van der Waals surface area contributed by atoms with Crippen LogP contribution in [0.15, 0.2) is 33.7 Å². The molecule has 0 aliphatic heterocycles. The molecule has 0 radical (unpaired) electrons. The lowest BCUT2D eigenvalue weighted by Gasteiger charge is -2.15. The van der Waals surface area contributed by atoms with E-state index in [1.165, 1.54) is 11.8 Å². The molecule has 1 aromatic carbocycles. The van der Waals surface area contributed by atoms with E-state index in [1.54, 1.807) is 26.2 Å². The molecule has 8 heteroatoms. The van der Waals surface area contributed by atoms with Gasteiger partial charge in [0.25, 0.3) is 5.91 Å². The summed E-state index contributed by atoms with van der Waals surface area (Å²) in [5.74, 6) is 0.493. The fraction of sp³-hybridized carbons (Fsp3) is 0.421. The van der Waals surface area contributed by atoms with E-state index in [0.29, 0.717) is 24.5 Å². The second-order valence-electron chi connectivity index (χ2n) is 5.92. The van der Waals surface area contributed by atoms with Crippen LogP contribution in [0.4, 0.5) is 0 Å². The molecule has 0 aliphatic rings. The molecule has 0 spiro atoms. The molecule has 1 N–H and O–H groups in total. The number of ether oxygens (including phenoxy) is 2. The van der Waals surface area contributed by atoms with Gasteiger partial charge in [0, 0.05) is 29.9 Å². The van der Waals surface area contributed by atoms with Gasteiger partial charge < -0.3 is 19.3 Å². The van der Waals surface area contributed by atoms with Gasteiger partial charge in [0.2, 0.25) is 0 Å². The van der Waals surface area contributed by atoms with E-state index in [0.717, 1.165) is 21.9 Å². The summed E-state index contributed by atoms with van der Waals surface area (Å²) in [5, 5.41) is 6.59. The van der Waals surface area contributed by atoms with Crippen LogP contribution in [0.25, 0.3) is 0 Å². The molecule has 1 atom stereocenters. The Labute approximate surface area is 162 Å². The first-order valence-corrected chi connectivity index (χ1v) is 9.53. The lowest BCUT2D eigenvalue weighted by molar-refractivity contribution is -0.129. The first-order chi connectivity index (χ1) is 12.9. The SMILES string of the molecule is COCCNC(=O)[C@@H](C)OC(=O)c1ccccc1SCc1c(C)noc1C. The summed E-state index contributed by atoms with van der Waals surface area (Å²) < 4.78 is 15.4. The zero-order valence-electron chi connectivity index (χ0n) is 15.9. The number of carbonyl (C=O) groups is 2. The molecule has 27 heavy (non-hydrogen) atoms. The van der Waals surface area contributed by atoms with Crippen LogP contribution in [-0.2, 0) is 20.0 Å². The minimum absolute atomic E-state index is 0.360. The van der Waals surface area contributed by atoms with Crippen molar-refractivity contribution in [3.63, 3.8) is 0 Å². The molecule has 1 amide bonds. The molecule has 0 saturated heterocycles. The van der Waals surface area contributed by atoms with Gasteiger partial charge in [-0.3, -0.25) is 4.79 Å². The van der Waals surface area contributed by atoms with Crippen LogP contribution in [0.1, 0.15) is 34.3 Å². The number of aromatic nitrogens is 1. The highest BCUT2D eigenvalue weighted by Gasteiger charge is 2.21. The van der Waals surface area contributed by atoms with Crippen LogP contribution in [-0.4, -0.2) is 43.4 Å². The first kappa shape index (κ1) is 21.0. The Morgan fingerprint density at radius 1 is 1.30 bits per heavy atom. The zero-order valence-corrected chi connectivity index (χ0v) is 16.7. The van der Waals surface area contributed by atoms with Crippen LogP contribution < -0.4 is 5.32 Å². The van der Waals surface area contributed by atoms with Gasteiger partial charge in [-0.25, -0.2) is 4.79 Å². The van der Waals surface area contributed by atoms with Crippen molar-refractivity contribution in [2.45, 2.75) is 37.5 Å². The molecular weight excluding hydrogens is 368 g/mol. The van der Waals surface area contributed by atoms with Crippen molar-refractivity contribution in [3.05, 3.63) is 46.8 Å². The van der Waals surface area contributed by atoms with E-state index in [4.69, 9.17) is 14.0 Å². The van der Waals surface area contributed by atoms with E-state index in [2.05, 4.69) is 10.5 Å². The van der Waals surface area contributed by atoms with E-state index in [1.807, 2.05) is 26.0 Å². The molecular formula is C19H24N2O5S. The summed E-state index contributed by atoms with van der Waals surface area (Å²) in [5.41, 5.74) is 2.27. The number of benzene rings is 1. The summed E-state index contributed by atoms with van der Waals surface area (Å²) in [6.07, 6.45) is -0.894. The largest absolute Gasteiger partial charge is 0.449 e. The molecule has 0 bridgehead atoms. The van der Waals surface area contributed by atoms with E-state index in [-0.39, 0.29) is 5.91 Å². The Morgan fingerprint density at radius 2 is 2.04 bits per heavy atom. The fourth-order valence-corrected chi connectivity index (χ4v) is 3.51. The summed E-state index contributed by atoms with van der Waals surface area (Å²) >= 11 is 1.50. The molecule has 7 nitrogen and oxygen atoms in total. The van der Waals surface area contributed by atoms with Crippen LogP contribution in [0.2, 0.25) is 0 Å². The second-order valence-corrected chi connectivity index (χ2v) is 6.94. The third-order valence-corrected chi connectivity index (χ3v) is 5.02. The molecule has 0 saturated carbocycles. The number of rotatable bonds is 9. The van der Waals surface area contributed by atoms with Crippen LogP contribution in [0.3, 0.4) is 0 Å². The maximum Gasteiger partial charge on any atom is 0.340 e. The highest BCUT2D eigenvalue weighted by Crippen LogP contribution is 2.29. The van der Waals surface area contributed by atoms with Crippen molar-refractivity contribution in [2.75, 3.05) is 20.3 Å². The number of hydrogen-bond donors (Lipinski definition) is 1. The van der Waals surface area contributed by atoms with Gasteiger partial charge >= 0.3 is 5.97 Å². The Hall–Kier alpha value is -2.32. The van der Waals surface area contributed by atoms with Crippen molar-refractivity contribution in [2.24, 2.45) is 0 Å². The highest BCUT2D eigenvalue weighted by atomic mass is 32.2. The summed E-state index contributed by atoms with van der Waals surface area (Å²) in [6.45, 7) is 6.05. The maximum atomic E-state index is 12.5. The average molecular weight is 392 g/mol. The Bertz CT molecular complexity index is 771. The van der Waals surface area contributed by atoms with E-state index >= 15 is 0 Å². The number of nitrogens with one attached hydrogen (secondary N) is 1.